The molecule has 0 amide bonds. The Morgan fingerprint density at radius 1 is 0.839 bits per heavy atom. The zero-order valence-corrected chi connectivity index (χ0v) is 17.6. The highest BCUT2D eigenvalue weighted by Gasteiger charge is 2.42. The molecular weight excluding hydrogens is 458 g/mol. The van der Waals surface area contributed by atoms with Crippen molar-refractivity contribution in [2.75, 3.05) is 39.4 Å². The summed E-state index contributed by atoms with van der Waals surface area (Å²) >= 11 is 0. The van der Waals surface area contributed by atoms with E-state index in [1.54, 1.807) is 0 Å². The Balaban J connectivity index is 1.52. The average Bonchev–Trinajstić information content (AvgIpc) is 2.72. The number of aromatic hydroxyl groups is 1. The Morgan fingerprint density at radius 3 is 1.94 bits per heavy atom. The lowest BCUT2D eigenvalue weighted by molar-refractivity contribution is 0.171. The third-order valence-electron chi connectivity index (χ3n) is 4.93. The standard InChI is InChI=1S/C18H18F2N2O7S2/c19-14-9-12(23)10-15(20)18(14)31(26,27)22-5-3-21(4-6-22)30(24,25)13-1-2-16-17(11-13)29-8-7-28-16/h1-2,9-11H,3-8H2,(H-2,23,24,25,26,27). The number of halogens is 2. The molecule has 0 aliphatic carbocycles. The van der Waals surface area contributed by atoms with E-state index in [1.165, 1.54) is 18.2 Å². The molecule has 1 fully saturated rings. The molecule has 2 heterocycles. The number of nitrogens with zero attached hydrogens (tertiary/aromatic N) is 2. The Morgan fingerprint density at radius 2 is 1.35 bits per heavy atom. The van der Waals surface area contributed by atoms with Crippen LogP contribution in [0.3, 0.4) is 0 Å². The molecule has 2 unspecified atom stereocenters. The smallest absolute Gasteiger partial charge is 0.246 e. The highest BCUT2D eigenvalue weighted by Crippen LogP contribution is 2.36. The molecule has 0 aromatic heterocycles. The van der Waals surface area contributed by atoms with Gasteiger partial charge in [0.1, 0.15) is 19.0 Å². The first-order valence-corrected chi connectivity index (χ1v) is 12.1. The van der Waals surface area contributed by atoms with Gasteiger partial charge in [-0.25, -0.2) is 8.78 Å². The highest BCUT2D eigenvalue weighted by atomic mass is 32.3. The van der Waals surface area contributed by atoms with Crippen LogP contribution in [0.1, 0.15) is 0 Å². The van der Waals surface area contributed by atoms with Crippen molar-refractivity contribution in [1.82, 2.24) is 8.61 Å². The first kappa shape index (κ1) is 22.0. The van der Waals surface area contributed by atoms with Gasteiger partial charge in [-0.15, -0.1) is 8.61 Å². The van der Waals surface area contributed by atoms with Crippen LogP contribution in [0, 0.1) is 11.6 Å². The van der Waals surface area contributed by atoms with Crippen molar-refractivity contribution >= 4 is 20.8 Å². The number of hydrogen-bond acceptors (Lipinski definition) is 7. The summed E-state index contributed by atoms with van der Waals surface area (Å²) in [5, 5.41) is 9.22. The van der Waals surface area contributed by atoms with Crippen molar-refractivity contribution in [2.24, 2.45) is 0 Å². The van der Waals surface area contributed by atoms with Crippen LogP contribution >= 0.6 is 0 Å². The van der Waals surface area contributed by atoms with Gasteiger partial charge in [0.05, 0.1) is 26.2 Å². The highest BCUT2D eigenvalue weighted by molar-refractivity contribution is 7.96. The van der Waals surface area contributed by atoms with Gasteiger partial charge in [0.2, 0.25) is 4.90 Å². The SMILES string of the molecule is O=[S+]([O-])(c1ccc2c(c1)OCCO2)N1CCN([S+](=O)([O-])c2c(F)cc(O)cc2F)CC1. The van der Waals surface area contributed by atoms with Crippen LogP contribution in [0.25, 0.3) is 0 Å². The number of phenolic OH excluding ortho intramolecular Hbond substituents is 1. The number of sulfonamides is 2. The lowest BCUT2D eigenvalue weighted by atomic mass is 10.3. The van der Waals surface area contributed by atoms with Gasteiger partial charge in [-0.2, -0.15) is 0 Å². The van der Waals surface area contributed by atoms with Crippen LogP contribution in [0.5, 0.6) is 17.2 Å². The van der Waals surface area contributed by atoms with Gasteiger partial charge >= 0.3 is 0 Å². The van der Waals surface area contributed by atoms with Gasteiger partial charge < -0.3 is 23.7 Å². The summed E-state index contributed by atoms with van der Waals surface area (Å²) < 4.78 is 92.1. The monoisotopic (exact) mass is 476 g/mol. The minimum atomic E-state index is -4.57. The van der Waals surface area contributed by atoms with E-state index in [0.717, 1.165) is 8.61 Å². The van der Waals surface area contributed by atoms with Crippen LogP contribution in [0.15, 0.2) is 40.1 Å². The van der Waals surface area contributed by atoms with Crippen LogP contribution in [0.4, 0.5) is 8.78 Å². The molecule has 0 saturated carbocycles. The number of piperazine rings is 1. The van der Waals surface area contributed by atoms with Gasteiger partial charge in [-0.05, 0) is 12.1 Å². The maximum atomic E-state index is 14.1. The summed E-state index contributed by atoms with van der Waals surface area (Å²) in [6, 6.07) is 5.19. The summed E-state index contributed by atoms with van der Waals surface area (Å²) in [5.74, 6) is -2.87. The Labute approximate surface area is 179 Å². The second-order valence-corrected chi connectivity index (χ2v) is 10.7. The predicted molar refractivity (Wildman–Crippen MR) is 103 cm³/mol. The Hall–Kier alpha value is -2.16. The molecule has 0 bridgehead atoms. The number of ether oxygens (including phenoxy) is 2. The number of rotatable bonds is 4. The van der Waals surface area contributed by atoms with Crippen molar-refractivity contribution in [3.8, 4) is 17.2 Å². The zero-order valence-electron chi connectivity index (χ0n) is 16.0. The van der Waals surface area contributed by atoms with Gasteiger partial charge in [-0.1, -0.05) is 8.42 Å². The lowest BCUT2D eigenvalue weighted by Gasteiger charge is -2.36. The normalized spacial score (nSPS) is 21.3. The van der Waals surface area contributed by atoms with Crippen molar-refractivity contribution < 1.29 is 40.9 Å². The van der Waals surface area contributed by atoms with Crippen molar-refractivity contribution in [3.63, 3.8) is 0 Å². The van der Waals surface area contributed by atoms with E-state index < -0.39 is 43.1 Å². The molecule has 168 valence electrons. The predicted octanol–water partition coefficient (Wildman–Crippen LogP) is 1.57. The minimum Gasteiger partial charge on any atom is -0.593 e. The topological polar surface area (TPSA) is 125 Å². The first-order chi connectivity index (χ1) is 14.6. The molecule has 2 aromatic carbocycles. The molecule has 2 aromatic rings. The van der Waals surface area contributed by atoms with Gasteiger partial charge in [0.25, 0.3) is 0 Å². The summed E-state index contributed by atoms with van der Waals surface area (Å²) in [5.41, 5.74) is 0. The zero-order chi connectivity index (χ0) is 22.4. The van der Waals surface area contributed by atoms with E-state index in [2.05, 4.69) is 0 Å². The molecule has 0 spiro atoms. The summed E-state index contributed by atoms with van der Waals surface area (Å²) in [6.45, 7) is -0.373. The quantitative estimate of drug-likeness (QED) is 0.664. The fraction of sp³-hybridized carbons (Fsp3) is 0.333. The molecule has 31 heavy (non-hydrogen) atoms. The Bertz CT molecular complexity index is 1090. The van der Waals surface area contributed by atoms with Gasteiger partial charge in [-0.3, -0.25) is 0 Å². The number of phenols is 1. The molecule has 2 aliphatic heterocycles. The lowest BCUT2D eigenvalue weighted by Crippen LogP contribution is -2.54. The second-order valence-electron chi connectivity index (χ2n) is 6.85. The van der Waals surface area contributed by atoms with E-state index in [4.69, 9.17) is 9.47 Å². The van der Waals surface area contributed by atoms with E-state index in [0.29, 0.717) is 30.2 Å². The summed E-state index contributed by atoms with van der Waals surface area (Å²) in [4.78, 5) is -1.22. The summed E-state index contributed by atoms with van der Waals surface area (Å²) in [7, 11) is -8.53. The van der Waals surface area contributed by atoms with Crippen molar-refractivity contribution in [3.05, 3.63) is 42.0 Å². The maximum absolute atomic E-state index is 14.1. The fourth-order valence-electron chi connectivity index (χ4n) is 3.41. The Kier molecular flexibility index (Phi) is 5.74. The molecule has 9 nitrogen and oxygen atoms in total. The van der Waals surface area contributed by atoms with E-state index >= 15 is 0 Å². The first-order valence-electron chi connectivity index (χ1n) is 9.18. The second kappa shape index (κ2) is 8.07. The van der Waals surface area contributed by atoms with Crippen LogP contribution < -0.4 is 9.47 Å². The van der Waals surface area contributed by atoms with Crippen LogP contribution in [-0.2, 0) is 29.2 Å². The fourth-order valence-corrected chi connectivity index (χ4v) is 6.36. The molecule has 1 saturated heterocycles. The molecule has 2 atom stereocenters. The van der Waals surface area contributed by atoms with E-state index in [9.17, 15) is 31.4 Å². The van der Waals surface area contributed by atoms with Crippen molar-refractivity contribution in [2.45, 2.75) is 9.79 Å². The molecule has 0 radical (unpaired) electrons. The minimum absolute atomic E-state index is 0.0383. The van der Waals surface area contributed by atoms with E-state index in [-0.39, 0.29) is 37.7 Å². The molecule has 4 rings (SSSR count). The maximum Gasteiger partial charge on any atom is 0.246 e. The van der Waals surface area contributed by atoms with Crippen molar-refractivity contribution in [1.29, 1.82) is 0 Å². The molecule has 2 aliphatic rings. The summed E-state index contributed by atoms with van der Waals surface area (Å²) in [6.07, 6.45) is 0. The van der Waals surface area contributed by atoms with Gasteiger partial charge in [0.15, 0.2) is 48.8 Å². The molecular formula is C18H18F2N2O7S2. The average molecular weight is 476 g/mol. The largest absolute Gasteiger partial charge is 0.593 e. The third-order valence-corrected chi connectivity index (χ3v) is 8.78. The van der Waals surface area contributed by atoms with E-state index in [1.807, 2.05) is 0 Å². The number of benzene rings is 2. The third kappa shape index (κ3) is 4.04. The van der Waals surface area contributed by atoms with Crippen LogP contribution in [-0.4, -0.2) is 62.2 Å². The number of hydrogen-bond donors (Lipinski definition) is 1. The van der Waals surface area contributed by atoms with Gasteiger partial charge in [0, 0.05) is 18.2 Å². The molecule has 1 N–H and O–H groups in total. The number of fused-ring (bicyclic) bond motifs is 1. The molecule has 13 heteroatoms. The van der Waals surface area contributed by atoms with Crippen LogP contribution in [0.2, 0.25) is 0 Å².